The first kappa shape index (κ1) is 18.8. The lowest BCUT2D eigenvalue weighted by atomic mass is 10.1. The summed E-state index contributed by atoms with van der Waals surface area (Å²) in [6, 6.07) is 9.22. The van der Waals surface area contributed by atoms with Crippen molar-refractivity contribution in [2.24, 2.45) is 0 Å². The van der Waals surface area contributed by atoms with E-state index in [0.717, 1.165) is 4.90 Å². The van der Waals surface area contributed by atoms with Gasteiger partial charge in [-0.3, -0.25) is 19.8 Å². The number of methoxy groups -OCH3 is 1. The van der Waals surface area contributed by atoms with Gasteiger partial charge in [-0.2, -0.15) is 0 Å². The Hall–Kier alpha value is -3.52. The SMILES string of the molecule is COc1ccc(CN2C(=O)NC(=O)/C(=C\c3cc4c(cc3Cl)OCO4)C2=O)cc1. The van der Waals surface area contributed by atoms with E-state index in [9.17, 15) is 14.4 Å². The van der Waals surface area contributed by atoms with Crippen LogP contribution in [-0.4, -0.2) is 36.6 Å². The molecular formula is C20H15ClN2O6. The molecule has 0 atom stereocenters. The molecule has 0 radical (unpaired) electrons. The molecule has 2 heterocycles. The van der Waals surface area contributed by atoms with Gasteiger partial charge in [0.1, 0.15) is 11.3 Å². The van der Waals surface area contributed by atoms with E-state index in [-0.39, 0.29) is 23.9 Å². The largest absolute Gasteiger partial charge is 0.497 e. The highest BCUT2D eigenvalue weighted by atomic mass is 35.5. The number of ether oxygens (including phenoxy) is 3. The Morgan fingerprint density at radius 1 is 1.14 bits per heavy atom. The number of carbonyl (C=O) groups is 3. The maximum Gasteiger partial charge on any atom is 0.331 e. The molecule has 2 aliphatic rings. The van der Waals surface area contributed by atoms with Gasteiger partial charge in [-0.25, -0.2) is 4.79 Å². The van der Waals surface area contributed by atoms with Gasteiger partial charge in [0.2, 0.25) is 6.79 Å². The molecule has 4 rings (SSSR count). The molecule has 9 heteroatoms. The molecule has 0 aliphatic carbocycles. The fourth-order valence-corrected chi connectivity index (χ4v) is 3.16. The van der Waals surface area contributed by atoms with E-state index in [1.165, 1.54) is 6.08 Å². The lowest BCUT2D eigenvalue weighted by Gasteiger charge is -2.26. The Bertz CT molecular complexity index is 1050. The molecule has 2 aromatic rings. The first-order valence-corrected chi connectivity index (χ1v) is 8.95. The van der Waals surface area contributed by atoms with Crippen LogP contribution >= 0.6 is 11.6 Å². The predicted octanol–water partition coefficient (Wildman–Crippen LogP) is 2.74. The summed E-state index contributed by atoms with van der Waals surface area (Å²) in [5.41, 5.74) is 0.885. The molecule has 1 fully saturated rings. The number of urea groups is 1. The van der Waals surface area contributed by atoms with Crippen LogP contribution in [0.1, 0.15) is 11.1 Å². The predicted molar refractivity (Wildman–Crippen MR) is 103 cm³/mol. The van der Waals surface area contributed by atoms with E-state index in [1.54, 1.807) is 43.5 Å². The Kier molecular flexibility index (Phi) is 4.85. The summed E-state index contributed by atoms with van der Waals surface area (Å²) >= 11 is 6.23. The van der Waals surface area contributed by atoms with Crippen molar-refractivity contribution in [2.45, 2.75) is 6.54 Å². The van der Waals surface area contributed by atoms with Crippen molar-refractivity contribution in [1.82, 2.24) is 10.2 Å². The Morgan fingerprint density at radius 2 is 1.83 bits per heavy atom. The molecule has 148 valence electrons. The molecular weight excluding hydrogens is 400 g/mol. The quantitative estimate of drug-likeness (QED) is 0.610. The topological polar surface area (TPSA) is 94.2 Å². The van der Waals surface area contributed by atoms with Gasteiger partial charge in [-0.05, 0) is 35.4 Å². The van der Waals surface area contributed by atoms with Crippen molar-refractivity contribution in [1.29, 1.82) is 0 Å². The van der Waals surface area contributed by atoms with Crippen LogP contribution in [0.4, 0.5) is 4.79 Å². The molecule has 1 saturated heterocycles. The average molecular weight is 415 g/mol. The second-order valence-electron chi connectivity index (χ2n) is 6.28. The molecule has 0 bridgehead atoms. The van der Waals surface area contributed by atoms with E-state index in [2.05, 4.69) is 5.32 Å². The molecule has 0 unspecified atom stereocenters. The smallest absolute Gasteiger partial charge is 0.331 e. The summed E-state index contributed by atoms with van der Waals surface area (Å²) < 4.78 is 15.6. The highest BCUT2D eigenvalue weighted by molar-refractivity contribution is 6.34. The summed E-state index contributed by atoms with van der Waals surface area (Å²) in [7, 11) is 1.54. The highest BCUT2D eigenvalue weighted by Crippen LogP contribution is 2.37. The van der Waals surface area contributed by atoms with E-state index >= 15 is 0 Å². The molecule has 1 N–H and O–H groups in total. The van der Waals surface area contributed by atoms with Crippen LogP contribution in [0.3, 0.4) is 0 Å². The molecule has 4 amide bonds. The summed E-state index contributed by atoms with van der Waals surface area (Å²) in [5.74, 6) is 0.0726. The third kappa shape index (κ3) is 3.62. The molecule has 8 nitrogen and oxygen atoms in total. The molecule has 0 saturated carbocycles. The zero-order valence-corrected chi connectivity index (χ0v) is 16.0. The van der Waals surface area contributed by atoms with E-state index in [0.29, 0.717) is 28.4 Å². The van der Waals surface area contributed by atoms with Crippen LogP contribution in [0.25, 0.3) is 6.08 Å². The van der Waals surface area contributed by atoms with Crippen LogP contribution in [0.5, 0.6) is 17.2 Å². The molecule has 0 aromatic heterocycles. The number of benzene rings is 2. The van der Waals surface area contributed by atoms with Crippen LogP contribution < -0.4 is 19.5 Å². The molecule has 0 spiro atoms. The van der Waals surface area contributed by atoms with E-state index < -0.39 is 17.8 Å². The van der Waals surface area contributed by atoms with Crippen molar-refractivity contribution >= 4 is 35.5 Å². The first-order valence-electron chi connectivity index (χ1n) is 8.57. The van der Waals surface area contributed by atoms with Gasteiger partial charge in [0.15, 0.2) is 11.5 Å². The van der Waals surface area contributed by atoms with Crippen molar-refractivity contribution in [2.75, 3.05) is 13.9 Å². The van der Waals surface area contributed by atoms with Gasteiger partial charge >= 0.3 is 6.03 Å². The number of rotatable bonds is 4. The van der Waals surface area contributed by atoms with E-state index in [1.807, 2.05) is 0 Å². The van der Waals surface area contributed by atoms with Crippen LogP contribution in [0.2, 0.25) is 5.02 Å². The molecule has 2 aliphatic heterocycles. The second kappa shape index (κ2) is 7.48. The van der Waals surface area contributed by atoms with Gasteiger partial charge in [0.05, 0.1) is 18.7 Å². The molecule has 2 aromatic carbocycles. The number of amides is 4. The zero-order chi connectivity index (χ0) is 20.5. The minimum absolute atomic E-state index is 0.00580. The summed E-state index contributed by atoms with van der Waals surface area (Å²) in [6.45, 7) is 0.0589. The molecule has 29 heavy (non-hydrogen) atoms. The van der Waals surface area contributed by atoms with E-state index in [4.69, 9.17) is 25.8 Å². The third-order valence-electron chi connectivity index (χ3n) is 4.48. The minimum atomic E-state index is -0.792. The number of nitrogens with zero attached hydrogens (tertiary/aromatic N) is 1. The lowest BCUT2D eigenvalue weighted by Crippen LogP contribution is -2.53. The number of barbiturate groups is 1. The van der Waals surface area contributed by atoms with Crippen LogP contribution in [0.15, 0.2) is 42.0 Å². The van der Waals surface area contributed by atoms with Gasteiger partial charge in [0.25, 0.3) is 11.8 Å². The first-order chi connectivity index (χ1) is 14.0. The number of halogens is 1. The fraction of sp³-hybridized carbons (Fsp3) is 0.150. The van der Waals surface area contributed by atoms with Crippen LogP contribution in [0, 0.1) is 0 Å². The van der Waals surface area contributed by atoms with Gasteiger partial charge < -0.3 is 14.2 Å². The Labute approximate surface area is 170 Å². The highest BCUT2D eigenvalue weighted by Gasteiger charge is 2.36. The summed E-state index contributed by atoms with van der Waals surface area (Å²) in [5, 5.41) is 2.46. The Balaban J connectivity index is 1.63. The number of imide groups is 2. The van der Waals surface area contributed by atoms with Crippen molar-refractivity contribution in [3.05, 3.63) is 58.1 Å². The number of fused-ring (bicyclic) bond motifs is 1. The van der Waals surface area contributed by atoms with Crippen molar-refractivity contribution in [3.63, 3.8) is 0 Å². The van der Waals surface area contributed by atoms with Crippen molar-refractivity contribution < 1.29 is 28.6 Å². The van der Waals surface area contributed by atoms with Gasteiger partial charge in [-0.15, -0.1) is 0 Å². The Morgan fingerprint density at radius 3 is 2.52 bits per heavy atom. The summed E-state index contributed by atoms with van der Waals surface area (Å²) in [6.07, 6.45) is 1.33. The minimum Gasteiger partial charge on any atom is -0.497 e. The zero-order valence-electron chi connectivity index (χ0n) is 15.2. The van der Waals surface area contributed by atoms with Gasteiger partial charge in [0, 0.05) is 6.07 Å². The number of hydrogen-bond donors (Lipinski definition) is 1. The van der Waals surface area contributed by atoms with Crippen molar-refractivity contribution in [3.8, 4) is 17.2 Å². The maximum absolute atomic E-state index is 12.9. The normalized spacial score (nSPS) is 17.0. The number of hydrogen-bond acceptors (Lipinski definition) is 6. The maximum atomic E-state index is 12.9. The van der Waals surface area contributed by atoms with Gasteiger partial charge in [-0.1, -0.05) is 23.7 Å². The average Bonchev–Trinajstić information content (AvgIpc) is 3.16. The fourth-order valence-electron chi connectivity index (χ4n) is 2.95. The monoisotopic (exact) mass is 414 g/mol. The second-order valence-corrected chi connectivity index (χ2v) is 6.69. The standard InChI is InChI=1S/C20H15ClN2O6/c1-27-13-4-2-11(3-5-13)9-23-19(25)14(18(24)22-20(23)26)6-12-7-16-17(8-15(12)21)29-10-28-16/h2-8H,9-10H2,1H3,(H,22,24,26)/b14-6+. The number of carbonyl (C=O) groups excluding carboxylic acids is 3. The third-order valence-corrected chi connectivity index (χ3v) is 4.80. The summed E-state index contributed by atoms with van der Waals surface area (Å²) in [4.78, 5) is 38.3. The lowest BCUT2D eigenvalue weighted by molar-refractivity contribution is -0.130. The number of nitrogens with one attached hydrogen (secondary N) is 1. The van der Waals surface area contributed by atoms with Crippen LogP contribution in [-0.2, 0) is 16.1 Å².